The Bertz CT molecular complexity index is 959. The van der Waals surface area contributed by atoms with Crippen LogP contribution < -0.4 is 69.3 Å². The SMILES string of the molecule is CCCCCCCCCCCCC(CCCC)(C(=O)[O-])S(=O)(=O)O.CCCCCCCCCCCCC(CCCC)(C(=O)[O-])S(=O)(=O)O.[Na+].[Na+]. The molecule has 0 amide bonds. The first-order valence-corrected chi connectivity index (χ1v) is 21.9. The van der Waals surface area contributed by atoms with Gasteiger partial charge in [0, 0.05) is 0 Å². The van der Waals surface area contributed by atoms with Gasteiger partial charge in [-0.1, -0.05) is 182 Å². The summed E-state index contributed by atoms with van der Waals surface area (Å²) >= 11 is 0. The Morgan fingerprint density at radius 2 is 0.580 bits per heavy atom. The Morgan fingerprint density at radius 3 is 0.760 bits per heavy atom. The predicted octanol–water partition coefficient (Wildman–Crippen LogP) is 1.74. The van der Waals surface area contributed by atoms with E-state index in [0.717, 1.165) is 38.5 Å². The van der Waals surface area contributed by atoms with E-state index >= 15 is 0 Å². The fraction of sp³-hybridized carbons (Fsp3) is 0.944. The van der Waals surface area contributed by atoms with Crippen molar-refractivity contribution in [2.24, 2.45) is 0 Å². The van der Waals surface area contributed by atoms with Crippen LogP contribution in [0, 0.1) is 0 Å². The van der Waals surface area contributed by atoms with E-state index in [0.29, 0.717) is 38.5 Å². The van der Waals surface area contributed by atoms with Crippen molar-refractivity contribution < 1.29 is 105 Å². The van der Waals surface area contributed by atoms with Crippen molar-refractivity contribution >= 4 is 32.2 Å². The van der Waals surface area contributed by atoms with Gasteiger partial charge in [-0.2, -0.15) is 16.8 Å². The number of unbranched alkanes of at least 4 members (excludes halogenated alkanes) is 20. The number of aliphatic carboxylic acids is 2. The third kappa shape index (κ3) is 25.0. The fourth-order valence-electron chi connectivity index (χ4n) is 6.11. The third-order valence-corrected chi connectivity index (χ3v) is 12.6. The van der Waals surface area contributed by atoms with Crippen LogP contribution in [0.15, 0.2) is 0 Å². The Labute approximate surface area is 351 Å². The molecule has 0 spiro atoms. The molecule has 0 heterocycles. The Hall–Kier alpha value is 0.760. The van der Waals surface area contributed by atoms with E-state index in [1.54, 1.807) is 0 Å². The summed E-state index contributed by atoms with van der Waals surface area (Å²) in [6, 6.07) is 0. The normalized spacial score (nSPS) is 13.9. The van der Waals surface area contributed by atoms with Gasteiger partial charge < -0.3 is 19.8 Å². The van der Waals surface area contributed by atoms with Gasteiger partial charge in [0.15, 0.2) is 0 Å². The van der Waals surface area contributed by atoms with Crippen LogP contribution in [0.25, 0.3) is 0 Å². The van der Waals surface area contributed by atoms with E-state index in [1.807, 2.05) is 13.8 Å². The van der Waals surface area contributed by atoms with Gasteiger partial charge in [-0.15, -0.1) is 0 Å². The molecule has 2 unspecified atom stereocenters. The Kier molecular flexibility index (Phi) is 39.4. The molecular weight excluding hydrogens is 703 g/mol. The van der Waals surface area contributed by atoms with Crippen molar-refractivity contribution in [2.75, 3.05) is 0 Å². The first-order chi connectivity index (χ1) is 22.6. The maximum atomic E-state index is 11.6. The van der Waals surface area contributed by atoms with Crippen LogP contribution >= 0.6 is 0 Å². The van der Waals surface area contributed by atoms with Gasteiger partial charge in [-0.3, -0.25) is 9.11 Å². The summed E-state index contributed by atoms with van der Waals surface area (Å²) in [4.78, 5) is 22.8. The summed E-state index contributed by atoms with van der Waals surface area (Å²) < 4.78 is 61.1. The van der Waals surface area contributed by atoms with E-state index in [1.165, 1.54) is 77.0 Å². The first kappa shape index (κ1) is 57.5. The minimum absolute atomic E-state index is 0. The van der Waals surface area contributed by atoms with Gasteiger partial charge in [0.2, 0.25) is 0 Å². The van der Waals surface area contributed by atoms with Crippen molar-refractivity contribution in [1.82, 2.24) is 0 Å². The van der Waals surface area contributed by atoms with Gasteiger partial charge >= 0.3 is 59.1 Å². The largest absolute Gasteiger partial charge is 1.00 e. The molecule has 2 atom stereocenters. The summed E-state index contributed by atoms with van der Waals surface area (Å²) in [6.07, 6.45) is 23.5. The monoisotopic (exact) mass is 772 g/mol. The topological polar surface area (TPSA) is 189 Å². The van der Waals surface area contributed by atoms with E-state index in [-0.39, 0.29) is 84.8 Å². The predicted molar refractivity (Wildman–Crippen MR) is 191 cm³/mol. The molecule has 288 valence electrons. The van der Waals surface area contributed by atoms with Gasteiger partial charge in [0.25, 0.3) is 20.2 Å². The van der Waals surface area contributed by atoms with Crippen LogP contribution in [-0.4, -0.2) is 47.4 Å². The molecule has 0 aliphatic heterocycles. The number of carbonyl (C=O) groups is 2. The van der Waals surface area contributed by atoms with Crippen LogP contribution in [0.2, 0.25) is 0 Å². The number of carbonyl (C=O) groups excluding carboxylic acids is 2. The van der Waals surface area contributed by atoms with E-state index in [2.05, 4.69) is 13.8 Å². The second-order valence-corrected chi connectivity index (χ2v) is 17.0. The Morgan fingerprint density at radius 1 is 0.400 bits per heavy atom. The average molecular weight is 773 g/mol. The van der Waals surface area contributed by atoms with Crippen LogP contribution in [0.3, 0.4) is 0 Å². The van der Waals surface area contributed by atoms with E-state index in [9.17, 15) is 45.7 Å². The summed E-state index contributed by atoms with van der Waals surface area (Å²) in [5.74, 6) is -3.34. The first-order valence-electron chi connectivity index (χ1n) is 19.0. The summed E-state index contributed by atoms with van der Waals surface area (Å²) in [6.45, 7) is 8.09. The molecule has 0 bridgehead atoms. The molecule has 2 N–H and O–H groups in total. The summed E-state index contributed by atoms with van der Waals surface area (Å²) in [7, 11) is -9.34. The summed E-state index contributed by atoms with van der Waals surface area (Å²) in [5.41, 5.74) is 0. The van der Waals surface area contributed by atoms with Crippen LogP contribution in [0.1, 0.15) is 207 Å². The van der Waals surface area contributed by atoms with Crippen molar-refractivity contribution in [3.8, 4) is 0 Å². The van der Waals surface area contributed by atoms with Crippen LogP contribution in [0.4, 0.5) is 0 Å². The summed E-state index contributed by atoms with van der Waals surface area (Å²) in [5, 5.41) is 22.8. The standard InChI is InChI=1S/2C18H36O5S.2Na/c2*1-3-5-7-8-9-10-11-12-13-14-16-18(17(19)20,15-6-4-2)24(21,22)23;;/h2*3-16H2,1-2H3,(H,19,20)(H,21,22,23);;/q;;2*+1/p-2. The number of carboxylic acids is 2. The molecule has 0 aromatic carbocycles. The minimum atomic E-state index is -4.67. The minimum Gasteiger partial charge on any atom is -0.548 e. The number of rotatable bonds is 32. The second kappa shape index (κ2) is 34.3. The van der Waals surface area contributed by atoms with Crippen molar-refractivity contribution in [1.29, 1.82) is 0 Å². The molecule has 0 aromatic rings. The molecule has 0 fully saturated rings. The molecule has 0 aliphatic rings. The second-order valence-electron chi connectivity index (χ2n) is 13.6. The average Bonchev–Trinajstić information content (AvgIpc) is 3.00. The molecule has 0 aliphatic carbocycles. The molecular formula is C36H70Na2O10S2. The molecule has 0 aromatic heterocycles. The van der Waals surface area contributed by atoms with Crippen molar-refractivity contribution in [2.45, 2.75) is 217 Å². The maximum Gasteiger partial charge on any atom is 1.00 e. The van der Waals surface area contributed by atoms with Crippen LogP contribution in [-0.2, 0) is 29.8 Å². The third-order valence-electron chi connectivity index (χ3n) is 9.47. The van der Waals surface area contributed by atoms with Gasteiger partial charge in [-0.25, -0.2) is 0 Å². The zero-order valence-electron chi connectivity index (χ0n) is 32.8. The van der Waals surface area contributed by atoms with Gasteiger partial charge in [0.05, 0.1) is 11.9 Å². The molecule has 10 nitrogen and oxygen atoms in total. The Balaban J connectivity index is -0.000000407. The molecule has 50 heavy (non-hydrogen) atoms. The van der Waals surface area contributed by atoms with Crippen molar-refractivity contribution in [3.63, 3.8) is 0 Å². The molecule has 0 saturated carbocycles. The van der Waals surface area contributed by atoms with E-state index in [4.69, 9.17) is 0 Å². The van der Waals surface area contributed by atoms with Crippen molar-refractivity contribution in [3.05, 3.63) is 0 Å². The molecule has 0 radical (unpaired) electrons. The van der Waals surface area contributed by atoms with Gasteiger partial charge in [-0.05, 0) is 25.7 Å². The number of hydrogen-bond donors (Lipinski definition) is 2. The number of hydrogen-bond acceptors (Lipinski definition) is 8. The quantitative estimate of drug-likeness (QED) is 0.0579. The molecule has 0 saturated heterocycles. The zero-order valence-corrected chi connectivity index (χ0v) is 38.4. The molecule has 0 rings (SSSR count). The maximum absolute atomic E-state index is 11.6. The fourth-order valence-corrected chi connectivity index (χ4v) is 8.14. The smallest absolute Gasteiger partial charge is 0.548 e. The number of carboxylic acid groups (broad SMARTS) is 2. The van der Waals surface area contributed by atoms with E-state index < -0.39 is 41.7 Å². The molecule has 14 heteroatoms. The van der Waals surface area contributed by atoms with Gasteiger partial charge in [0.1, 0.15) is 9.49 Å². The van der Waals surface area contributed by atoms with Crippen LogP contribution in [0.5, 0.6) is 0 Å². The zero-order chi connectivity index (χ0) is 37.0.